The Morgan fingerprint density at radius 2 is 2.00 bits per heavy atom. The molecule has 1 heterocycles. The highest BCUT2D eigenvalue weighted by Gasteiger charge is 2.09. The quantitative estimate of drug-likeness (QED) is 0.887. The SMILES string of the molecule is CCCc1ccc(-c2csc(C(C)CN)n2)cc1. The summed E-state index contributed by atoms with van der Waals surface area (Å²) < 4.78 is 0. The van der Waals surface area contributed by atoms with Gasteiger partial charge in [0.2, 0.25) is 0 Å². The minimum atomic E-state index is 0.350. The van der Waals surface area contributed by atoms with E-state index < -0.39 is 0 Å². The second kappa shape index (κ2) is 6.12. The molecule has 0 aliphatic carbocycles. The summed E-state index contributed by atoms with van der Waals surface area (Å²) in [4.78, 5) is 4.67. The number of benzene rings is 1. The zero-order valence-corrected chi connectivity index (χ0v) is 11.8. The van der Waals surface area contributed by atoms with Crippen LogP contribution in [0.5, 0.6) is 0 Å². The lowest BCUT2D eigenvalue weighted by molar-refractivity contribution is 0.766. The lowest BCUT2D eigenvalue weighted by Gasteiger charge is -2.03. The van der Waals surface area contributed by atoms with E-state index in [1.807, 2.05) is 0 Å². The molecule has 0 radical (unpaired) electrons. The summed E-state index contributed by atoms with van der Waals surface area (Å²) in [5, 5.41) is 3.25. The molecule has 0 aliphatic heterocycles. The van der Waals surface area contributed by atoms with Gasteiger partial charge in [-0.15, -0.1) is 11.3 Å². The molecule has 0 saturated heterocycles. The summed E-state index contributed by atoms with van der Waals surface area (Å²) in [6.45, 7) is 4.98. The van der Waals surface area contributed by atoms with Crippen molar-refractivity contribution in [3.05, 3.63) is 40.2 Å². The van der Waals surface area contributed by atoms with Gasteiger partial charge in [-0.3, -0.25) is 0 Å². The van der Waals surface area contributed by atoms with Crippen molar-refractivity contribution in [2.75, 3.05) is 6.54 Å². The van der Waals surface area contributed by atoms with Gasteiger partial charge in [-0.05, 0) is 12.0 Å². The largest absolute Gasteiger partial charge is 0.330 e. The third-order valence-corrected chi connectivity index (χ3v) is 4.16. The van der Waals surface area contributed by atoms with Crippen molar-refractivity contribution in [3.8, 4) is 11.3 Å². The minimum absolute atomic E-state index is 0.350. The Morgan fingerprint density at radius 3 is 2.61 bits per heavy atom. The predicted octanol–water partition coefficient (Wildman–Crippen LogP) is 3.82. The van der Waals surface area contributed by atoms with Crippen molar-refractivity contribution >= 4 is 11.3 Å². The highest BCUT2D eigenvalue weighted by atomic mass is 32.1. The summed E-state index contributed by atoms with van der Waals surface area (Å²) in [6, 6.07) is 8.72. The molecular formula is C15H20N2S. The third-order valence-electron chi connectivity index (χ3n) is 3.09. The van der Waals surface area contributed by atoms with E-state index >= 15 is 0 Å². The molecular weight excluding hydrogens is 240 g/mol. The molecule has 0 amide bonds. The molecule has 0 spiro atoms. The summed E-state index contributed by atoms with van der Waals surface area (Å²) in [6.07, 6.45) is 2.33. The van der Waals surface area contributed by atoms with E-state index in [4.69, 9.17) is 5.73 Å². The van der Waals surface area contributed by atoms with Crippen molar-refractivity contribution in [2.24, 2.45) is 5.73 Å². The number of hydrogen-bond donors (Lipinski definition) is 1. The van der Waals surface area contributed by atoms with E-state index in [2.05, 4.69) is 48.5 Å². The number of nitrogens with two attached hydrogens (primary N) is 1. The summed E-state index contributed by atoms with van der Waals surface area (Å²) >= 11 is 1.70. The molecule has 3 heteroatoms. The number of hydrogen-bond acceptors (Lipinski definition) is 3. The first kappa shape index (κ1) is 13.2. The molecule has 2 nitrogen and oxygen atoms in total. The molecule has 0 fully saturated rings. The highest BCUT2D eigenvalue weighted by Crippen LogP contribution is 2.26. The molecule has 1 atom stereocenters. The van der Waals surface area contributed by atoms with Gasteiger partial charge in [-0.1, -0.05) is 44.5 Å². The smallest absolute Gasteiger partial charge is 0.0973 e. The summed E-state index contributed by atoms with van der Waals surface area (Å²) in [5.41, 5.74) is 9.33. The fourth-order valence-corrected chi connectivity index (χ4v) is 2.78. The van der Waals surface area contributed by atoms with Gasteiger partial charge in [-0.2, -0.15) is 0 Å². The molecule has 2 N–H and O–H groups in total. The Kier molecular flexibility index (Phi) is 4.50. The molecule has 18 heavy (non-hydrogen) atoms. The molecule has 1 aromatic heterocycles. The summed E-state index contributed by atoms with van der Waals surface area (Å²) in [7, 11) is 0. The lowest BCUT2D eigenvalue weighted by atomic mass is 10.1. The first-order valence-electron chi connectivity index (χ1n) is 6.49. The number of nitrogens with zero attached hydrogens (tertiary/aromatic N) is 1. The molecule has 2 aromatic rings. The van der Waals surface area contributed by atoms with Crippen molar-refractivity contribution < 1.29 is 0 Å². The van der Waals surface area contributed by atoms with E-state index in [0.29, 0.717) is 12.5 Å². The number of aromatic nitrogens is 1. The van der Waals surface area contributed by atoms with Gasteiger partial charge in [0, 0.05) is 23.4 Å². The monoisotopic (exact) mass is 260 g/mol. The van der Waals surface area contributed by atoms with E-state index in [1.165, 1.54) is 17.5 Å². The maximum absolute atomic E-state index is 5.67. The van der Waals surface area contributed by atoms with E-state index in [9.17, 15) is 0 Å². The fraction of sp³-hybridized carbons (Fsp3) is 0.400. The Labute approximate surface area is 113 Å². The molecule has 0 aliphatic rings. The van der Waals surface area contributed by atoms with Crippen LogP contribution in [-0.4, -0.2) is 11.5 Å². The van der Waals surface area contributed by atoms with Crippen molar-refractivity contribution in [1.29, 1.82) is 0 Å². The van der Waals surface area contributed by atoms with Crippen molar-refractivity contribution in [1.82, 2.24) is 4.98 Å². The van der Waals surface area contributed by atoms with E-state index in [0.717, 1.165) is 17.1 Å². The molecule has 0 saturated carbocycles. The number of rotatable bonds is 5. The van der Waals surface area contributed by atoms with Crippen LogP contribution >= 0.6 is 11.3 Å². The lowest BCUT2D eigenvalue weighted by Crippen LogP contribution is -2.08. The van der Waals surface area contributed by atoms with Crippen LogP contribution < -0.4 is 5.73 Å². The van der Waals surface area contributed by atoms with Gasteiger partial charge in [0.05, 0.1) is 10.7 Å². The highest BCUT2D eigenvalue weighted by molar-refractivity contribution is 7.10. The van der Waals surface area contributed by atoms with Gasteiger partial charge in [0.15, 0.2) is 0 Å². The Morgan fingerprint density at radius 1 is 1.28 bits per heavy atom. The molecule has 0 bridgehead atoms. The maximum Gasteiger partial charge on any atom is 0.0973 e. The zero-order chi connectivity index (χ0) is 13.0. The van der Waals surface area contributed by atoms with Crippen LogP contribution in [0, 0.1) is 0 Å². The Bertz CT molecular complexity index is 487. The van der Waals surface area contributed by atoms with Crippen LogP contribution in [0.1, 0.15) is 36.8 Å². The standard InChI is InChI=1S/C15H20N2S/c1-3-4-12-5-7-13(8-6-12)14-10-18-15(17-14)11(2)9-16/h5-8,10-11H,3-4,9,16H2,1-2H3. The van der Waals surface area contributed by atoms with Gasteiger partial charge in [0.1, 0.15) is 0 Å². The van der Waals surface area contributed by atoms with Crippen molar-refractivity contribution in [3.63, 3.8) is 0 Å². The van der Waals surface area contributed by atoms with Crippen molar-refractivity contribution in [2.45, 2.75) is 32.6 Å². The first-order chi connectivity index (χ1) is 8.74. The average molecular weight is 260 g/mol. The van der Waals surface area contributed by atoms with Crippen LogP contribution in [-0.2, 0) is 6.42 Å². The van der Waals surface area contributed by atoms with Gasteiger partial charge in [0.25, 0.3) is 0 Å². The Balaban J connectivity index is 2.18. The maximum atomic E-state index is 5.67. The molecule has 2 rings (SSSR count). The predicted molar refractivity (Wildman–Crippen MR) is 79.0 cm³/mol. The van der Waals surface area contributed by atoms with E-state index in [-0.39, 0.29) is 0 Å². The van der Waals surface area contributed by atoms with Crippen LogP contribution in [0.15, 0.2) is 29.6 Å². The fourth-order valence-electron chi connectivity index (χ4n) is 1.88. The minimum Gasteiger partial charge on any atom is -0.330 e. The first-order valence-corrected chi connectivity index (χ1v) is 7.37. The van der Waals surface area contributed by atoms with Crippen LogP contribution in [0.25, 0.3) is 11.3 Å². The van der Waals surface area contributed by atoms with Crippen LogP contribution in [0.4, 0.5) is 0 Å². The van der Waals surface area contributed by atoms with Crippen LogP contribution in [0.2, 0.25) is 0 Å². The number of thiazole rings is 1. The third kappa shape index (κ3) is 2.98. The molecule has 96 valence electrons. The van der Waals surface area contributed by atoms with Gasteiger partial charge in [-0.25, -0.2) is 4.98 Å². The number of aryl methyl sites for hydroxylation is 1. The van der Waals surface area contributed by atoms with Crippen LogP contribution in [0.3, 0.4) is 0 Å². The normalized spacial score (nSPS) is 12.6. The Hall–Kier alpha value is -1.19. The molecule has 1 aromatic carbocycles. The second-order valence-electron chi connectivity index (χ2n) is 4.65. The zero-order valence-electron chi connectivity index (χ0n) is 11.0. The summed E-state index contributed by atoms with van der Waals surface area (Å²) in [5.74, 6) is 0.350. The van der Waals surface area contributed by atoms with Gasteiger partial charge < -0.3 is 5.73 Å². The van der Waals surface area contributed by atoms with E-state index in [1.54, 1.807) is 11.3 Å². The second-order valence-corrected chi connectivity index (χ2v) is 5.54. The van der Waals surface area contributed by atoms with Gasteiger partial charge >= 0.3 is 0 Å². The topological polar surface area (TPSA) is 38.9 Å². The molecule has 1 unspecified atom stereocenters. The average Bonchev–Trinajstić information content (AvgIpc) is 2.89.